The van der Waals surface area contributed by atoms with Crippen LogP contribution < -0.4 is 24.2 Å². The van der Waals surface area contributed by atoms with Gasteiger partial charge in [0.2, 0.25) is 15.9 Å². The third-order valence-corrected chi connectivity index (χ3v) is 5.60. The van der Waals surface area contributed by atoms with Crippen LogP contribution in [-0.2, 0) is 14.8 Å². The fraction of sp³-hybridized carbons (Fsp3) is 0.136. The molecule has 0 spiro atoms. The average Bonchev–Trinajstić information content (AvgIpc) is 2.79. The predicted molar refractivity (Wildman–Crippen MR) is 116 cm³/mol. The first-order chi connectivity index (χ1) is 14.9. The van der Waals surface area contributed by atoms with Crippen LogP contribution in [0.3, 0.4) is 0 Å². The molecule has 0 bridgehead atoms. The summed E-state index contributed by atoms with van der Waals surface area (Å²) in [5.74, 6) is 1.47. The second-order valence-corrected chi connectivity index (χ2v) is 8.10. The van der Waals surface area contributed by atoms with Gasteiger partial charge in [-0.25, -0.2) is 13.1 Å². The zero-order chi connectivity index (χ0) is 22.3. The molecule has 31 heavy (non-hydrogen) atoms. The fourth-order valence-electron chi connectivity index (χ4n) is 2.66. The number of ether oxygens (including phenoxy) is 3. The lowest BCUT2D eigenvalue weighted by atomic mass is 10.3. The first kappa shape index (κ1) is 22.1. The third-order valence-electron chi connectivity index (χ3n) is 4.21. The van der Waals surface area contributed by atoms with E-state index < -0.39 is 22.5 Å². The van der Waals surface area contributed by atoms with Crippen molar-refractivity contribution in [2.45, 2.75) is 4.90 Å². The molecule has 0 aliphatic heterocycles. The van der Waals surface area contributed by atoms with E-state index in [1.54, 1.807) is 24.3 Å². The molecular formula is C22H22N2O6S. The monoisotopic (exact) mass is 442 g/mol. The molecule has 9 heteroatoms. The van der Waals surface area contributed by atoms with E-state index >= 15 is 0 Å². The second-order valence-electron chi connectivity index (χ2n) is 6.33. The minimum atomic E-state index is -3.91. The van der Waals surface area contributed by atoms with E-state index in [4.69, 9.17) is 14.2 Å². The zero-order valence-corrected chi connectivity index (χ0v) is 17.8. The molecule has 0 fully saturated rings. The van der Waals surface area contributed by atoms with Crippen molar-refractivity contribution in [2.24, 2.45) is 0 Å². The Kier molecular flexibility index (Phi) is 7.11. The first-order valence-electron chi connectivity index (χ1n) is 9.26. The molecule has 3 aromatic rings. The van der Waals surface area contributed by atoms with Gasteiger partial charge in [-0.2, -0.15) is 0 Å². The van der Waals surface area contributed by atoms with Gasteiger partial charge in [0.1, 0.15) is 11.5 Å². The van der Waals surface area contributed by atoms with Gasteiger partial charge in [0.25, 0.3) is 0 Å². The zero-order valence-electron chi connectivity index (χ0n) is 17.0. The van der Waals surface area contributed by atoms with Crippen LogP contribution in [0.2, 0.25) is 0 Å². The largest absolute Gasteiger partial charge is 0.493 e. The number of nitrogens with one attached hydrogen (secondary N) is 2. The Labute approximate surface area is 180 Å². The van der Waals surface area contributed by atoms with Crippen LogP contribution in [0.4, 0.5) is 5.69 Å². The highest BCUT2D eigenvalue weighted by Crippen LogP contribution is 2.29. The molecule has 0 aromatic heterocycles. The summed E-state index contributed by atoms with van der Waals surface area (Å²) >= 11 is 0. The highest BCUT2D eigenvalue weighted by atomic mass is 32.2. The van der Waals surface area contributed by atoms with Crippen molar-refractivity contribution in [1.82, 2.24) is 4.72 Å². The number of benzene rings is 3. The predicted octanol–water partition coefficient (Wildman–Crippen LogP) is 3.41. The van der Waals surface area contributed by atoms with Gasteiger partial charge in [-0.1, -0.05) is 18.2 Å². The summed E-state index contributed by atoms with van der Waals surface area (Å²) in [6.45, 7) is -0.432. The van der Waals surface area contributed by atoms with Crippen molar-refractivity contribution in [2.75, 3.05) is 26.1 Å². The molecule has 162 valence electrons. The number of methoxy groups -OCH3 is 2. The van der Waals surface area contributed by atoms with E-state index in [2.05, 4.69) is 10.0 Å². The Morgan fingerprint density at radius 3 is 2.13 bits per heavy atom. The number of hydrogen-bond donors (Lipinski definition) is 2. The van der Waals surface area contributed by atoms with Crippen molar-refractivity contribution in [3.05, 3.63) is 72.8 Å². The van der Waals surface area contributed by atoms with E-state index in [9.17, 15) is 13.2 Å². The molecule has 0 atom stereocenters. The quantitative estimate of drug-likeness (QED) is 0.526. The summed E-state index contributed by atoms with van der Waals surface area (Å²) in [4.78, 5) is 12.1. The summed E-state index contributed by atoms with van der Waals surface area (Å²) in [7, 11) is -1.05. The number of rotatable bonds is 9. The van der Waals surface area contributed by atoms with Gasteiger partial charge in [0.15, 0.2) is 11.5 Å². The highest BCUT2D eigenvalue weighted by Gasteiger charge is 2.18. The van der Waals surface area contributed by atoms with Gasteiger partial charge >= 0.3 is 0 Å². The molecular weight excluding hydrogens is 420 g/mol. The minimum Gasteiger partial charge on any atom is -0.493 e. The molecule has 2 N–H and O–H groups in total. The molecule has 0 heterocycles. The number of anilines is 1. The molecule has 0 aliphatic carbocycles. The third kappa shape index (κ3) is 5.97. The van der Waals surface area contributed by atoms with Gasteiger partial charge in [0, 0.05) is 11.8 Å². The van der Waals surface area contributed by atoms with Crippen LogP contribution in [-0.4, -0.2) is 35.1 Å². The second kappa shape index (κ2) is 9.96. The average molecular weight is 442 g/mol. The molecule has 8 nitrogen and oxygen atoms in total. The summed E-state index contributed by atoms with van der Waals surface area (Å²) < 4.78 is 43.1. The Bertz CT molecular complexity index is 1130. The number of carbonyl (C=O) groups is 1. The van der Waals surface area contributed by atoms with Crippen LogP contribution in [0.25, 0.3) is 0 Å². The van der Waals surface area contributed by atoms with Crippen molar-refractivity contribution in [3.63, 3.8) is 0 Å². The normalized spacial score (nSPS) is 10.9. The number of amides is 1. The summed E-state index contributed by atoms with van der Waals surface area (Å²) in [5, 5.41) is 2.63. The van der Waals surface area contributed by atoms with Crippen LogP contribution in [0.15, 0.2) is 77.7 Å². The molecule has 0 saturated heterocycles. The summed E-state index contributed by atoms with van der Waals surface area (Å²) in [6, 6.07) is 20.2. The smallest absolute Gasteiger partial charge is 0.241 e. The van der Waals surface area contributed by atoms with Gasteiger partial charge < -0.3 is 19.5 Å². The van der Waals surface area contributed by atoms with E-state index in [-0.39, 0.29) is 10.6 Å². The molecule has 0 unspecified atom stereocenters. The van der Waals surface area contributed by atoms with Gasteiger partial charge in [-0.15, -0.1) is 0 Å². The van der Waals surface area contributed by atoms with Crippen molar-refractivity contribution in [1.29, 1.82) is 0 Å². The standard InChI is InChI=1S/C22H22N2O6S/c1-28-20-13-12-19(14-21(20)29-2)31(26,27)23-15-22(25)24-16-8-10-18(11-9-16)30-17-6-4-3-5-7-17/h3-14,23H,15H2,1-2H3,(H,24,25). The number of carbonyl (C=O) groups excluding carboxylic acids is 1. The van der Waals surface area contributed by atoms with Crippen molar-refractivity contribution in [3.8, 4) is 23.0 Å². The van der Waals surface area contributed by atoms with Gasteiger partial charge in [-0.3, -0.25) is 4.79 Å². The molecule has 0 aliphatic rings. The lowest BCUT2D eigenvalue weighted by molar-refractivity contribution is -0.115. The van der Waals surface area contributed by atoms with Crippen LogP contribution in [0, 0.1) is 0 Å². The SMILES string of the molecule is COc1ccc(S(=O)(=O)NCC(=O)Nc2ccc(Oc3ccccc3)cc2)cc1OC. The summed E-state index contributed by atoms with van der Waals surface area (Å²) in [5.41, 5.74) is 0.510. The van der Waals surface area contributed by atoms with E-state index in [1.807, 2.05) is 30.3 Å². The maximum atomic E-state index is 12.5. The highest BCUT2D eigenvalue weighted by molar-refractivity contribution is 7.89. The maximum absolute atomic E-state index is 12.5. The number of para-hydroxylation sites is 1. The molecule has 0 saturated carbocycles. The fourth-order valence-corrected chi connectivity index (χ4v) is 3.66. The number of sulfonamides is 1. The maximum Gasteiger partial charge on any atom is 0.241 e. The Balaban J connectivity index is 1.57. The van der Waals surface area contributed by atoms with E-state index in [0.717, 1.165) is 0 Å². The van der Waals surface area contributed by atoms with Crippen LogP contribution >= 0.6 is 0 Å². The minimum absolute atomic E-state index is 0.0413. The topological polar surface area (TPSA) is 103 Å². The first-order valence-corrected chi connectivity index (χ1v) is 10.7. The van der Waals surface area contributed by atoms with Crippen molar-refractivity contribution >= 4 is 21.6 Å². The van der Waals surface area contributed by atoms with Gasteiger partial charge in [-0.05, 0) is 48.5 Å². The number of hydrogen-bond acceptors (Lipinski definition) is 6. The van der Waals surface area contributed by atoms with E-state index in [0.29, 0.717) is 22.9 Å². The molecule has 3 aromatic carbocycles. The molecule has 3 rings (SSSR count). The van der Waals surface area contributed by atoms with Crippen LogP contribution in [0.5, 0.6) is 23.0 Å². The molecule has 1 amide bonds. The van der Waals surface area contributed by atoms with Crippen LogP contribution in [0.1, 0.15) is 0 Å². The Hall–Kier alpha value is -3.56. The van der Waals surface area contributed by atoms with E-state index in [1.165, 1.54) is 32.4 Å². The lowest BCUT2D eigenvalue weighted by Crippen LogP contribution is -2.32. The van der Waals surface area contributed by atoms with Gasteiger partial charge in [0.05, 0.1) is 25.7 Å². The van der Waals surface area contributed by atoms with Crippen molar-refractivity contribution < 1.29 is 27.4 Å². The Morgan fingerprint density at radius 1 is 0.839 bits per heavy atom. The Morgan fingerprint density at radius 2 is 1.48 bits per heavy atom. The summed E-state index contributed by atoms with van der Waals surface area (Å²) in [6.07, 6.45) is 0. The lowest BCUT2D eigenvalue weighted by Gasteiger charge is -2.11. The molecule has 0 radical (unpaired) electrons.